The van der Waals surface area contributed by atoms with Crippen LogP contribution < -0.4 is 4.74 Å². The van der Waals surface area contributed by atoms with Crippen LogP contribution in [0.2, 0.25) is 0 Å². The molecule has 2 nitrogen and oxygen atoms in total. The lowest BCUT2D eigenvalue weighted by molar-refractivity contribution is 0.217. The molecule has 6 heteroatoms. The summed E-state index contributed by atoms with van der Waals surface area (Å²) in [6.45, 7) is 0.684. The molecule has 0 radical (unpaired) electrons. The SMILES string of the molecule is OC(c1cc(Br)c(Br)s1)c1cc(Br)cc2c1OCC2. The number of benzene rings is 1. The second kappa shape index (κ2) is 5.48. The molecular formula is C13H9Br3O2S. The summed E-state index contributed by atoms with van der Waals surface area (Å²) in [5, 5.41) is 10.6. The maximum absolute atomic E-state index is 10.6. The Morgan fingerprint density at radius 2 is 2.00 bits per heavy atom. The number of ether oxygens (including phenoxy) is 1. The van der Waals surface area contributed by atoms with E-state index in [4.69, 9.17) is 4.74 Å². The van der Waals surface area contributed by atoms with E-state index in [1.165, 1.54) is 11.3 Å². The summed E-state index contributed by atoms with van der Waals surface area (Å²) >= 11 is 11.9. The van der Waals surface area contributed by atoms with E-state index in [-0.39, 0.29) is 0 Å². The number of aliphatic hydroxyl groups excluding tert-OH is 1. The summed E-state index contributed by atoms with van der Waals surface area (Å²) in [5.41, 5.74) is 1.97. The third-order valence-electron chi connectivity index (χ3n) is 3.01. The minimum atomic E-state index is -0.669. The van der Waals surface area contributed by atoms with Crippen LogP contribution in [0.15, 0.2) is 30.9 Å². The van der Waals surface area contributed by atoms with E-state index in [1.807, 2.05) is 12.1 Å². The molecule has 1 aliphatic rings. The number of halogens is 3. The van der Waals surface area contributed by atoms with Gasteiger partial charge in [0.2, 0.25) is 0 Å². The first kappa shape index (κ1) is 14.1. The molecule has 19 heavy (non-hydrogen) atoms. The van der Waals surface area contributed by atoms with Crippen molar-refractivity contribution in [3.63, 3.8) is 0 Å². The molecule has 0 fully saturated rings. The first-order valence-electron chi connectivity index (χ1n) is 5.64. The summed E-state index contributed by atoms with van der Waals surface area (Å²) in [6, 6.07) is 5.91. The van der Waals surface area contributed by atoms with Crippen molar-refractivity contribution in [1.82, 2.24) is 0 Å². The fraction of sp³-hybridized carbons (Fsp3) is 0.231. The van der Waals surface area contributed by atoms with Crippen molar-refractivity contribution in [2.45, 2.75) is 12.5 Å². The van der Waals surface area contributed by atoms with Gasteiger partial charge >= 0.3 is 0 Å². The van der Waals surface area contributed by atoms with Gasteiger partial charge in [-0.3, -0.25) is 0 Å². The van der Waals surface area contributed by atoms with E-state index in [9.17, 15) is 5.11 Å². The summed E-state index contributed by atoms with van der Waals surface area (Å²) in [4.78, 5) is 0.884. The fourth-order valence-electron chi connectivity index (χ4n) is 2.15. The van der Waals surface area contributed by atoms with Gasteiger partial charge in [-0.15, -0.1) is 11.3 Å². The van der Waals surface area contributed by atoms with Crippen LogP contribution >= 0.6 is 59.1 Å². The average Bonchev–Trinajstić information content (AvgIpc) is 2.95. The Hall–Kier alpha value is 0.120. The minimum Gasteiger partial charge on any atom is -0.493 e. The smallest absolute Gasteiger partial charge is 0.128 e. The highest BCUT2D eigenvalue weighted by atomic mass is 79.9. The number of fused-ring (bicyclic) bond motifs is 1. The standard InChI is InChI=1S/C13H9Br3O2S/c14-7-3-6-1-2-18-12(6)8(4-7)11(17)10-5-9(15)13(16)19-10/h3-5,11,17H,1-2H2. The molecule has 1 unspecified atom stereocenters. The van der Waals surface area contributed by atoms with Crippen molar-refractivity contribution in [2.75, 3.05) is 6.61 Å². The highest BCUT2D eigenvalue weighted by Gasteiger charge is 2.24. The molecule has 1 aromatic carbocycles. The van der Waals surface area contributed by atoms with E-state index in [2.05, 4.69) is 53.9 Å². The number of hydrogen-bond acceptors (Lipinski definition) is 3. The van der Waals surface area contributed by atoms with Crippen molar-refractivity contribution in [3.8, 4) is 5.75 Å². The molecule has 0 spiro atoms. The zero-order valence-electron chi connectivity index (χ0n) is 9.62. The third kappa shape index (κ3) is 2.65. The quantitative estimate of drug-likeness (QED) is 0.668. The number of thiophene rings is 1. The van der Waals surface area contributed by atoms with Crippen LogP contribution in [0, 0.1) is 0 Å². The Morgan fingerprint density at radius 3 is 2.68 bits per heavy atom. The predicted octanol–water partition coefficient (Wildman–Crippen LogP) is 5.05. The lowest BCUT2D eigenvalue weighted by Gasteiger charge is -2.14. The van der Waals surface area contributed by atoms with Gasteiger partial charge in [-0.05, 0) is 55.6 Å². The van der Waals surface area contributed by atoms with E-state index in [0.29, 0.717) is 6.61 Å². The number of aliphatic hydroxyl groups is 1. The Bertz CT molecular complexity index is 620. The number of rotatable bonds is 2. The van der Waals surface area contributed by atoms with E-state index in [1.54, 1.807) is 0 Å². The van der Waals surface area contributed by atoms with Gasteiger partial charge in [0.15, 0.2) is 0 Å². The average molecular weight is 469 g/mol. The summed E-state index contributed by atoms with van der Waals surface area (Å²) < 4.78 is 8.58. The maximum Gasteiger partial charge on any atom is 0.128 e. The molecular weight excluding hydrogens is 460 g/mol. The summed E-state index contributed by atoms with van der Waals surface area (Å²) in [5.74, 6) is 0.830. The molecule has 1 aromatic heterocycles. The van der Waals surface area contributed by atoms with Crippen LogP contribution in [-0.4, -0.2) is 11.7 Å². The lowest BCUT2D eigenvalue weighted by atomic mass is 10.0. The molecule has 0 amide bonds. The second-order valence-corrected chi connectivity index (χ2v) is 8.43. The second-order valence-electron chi connectivity index (χ2n) is 4.25. The maximum atomic E-state index is 10.6. The van der Waals surface area contributed by atoms with Gasteiger partial charge in [0.05, 0.1) is 10.4 Å². The predicted molar refractivity (Wildman–Crippen MR) is 87.1 cm³/mol. The Balaban J connectivity index is 2.07. The molecule has 3 rings (SSSR count). The molecule has 1 aliphatic heterocycles. The van der Waals surface area contributed by atoms with Crippen LogP contribution in [0.25, 0.3) is 0 Å². The van der Waals surface area contributed by atoms with E-state index >= 15 is 0 Å². The number of hydrogen-bond donors (Lipinski definition) is 1. The van der Waals surface area contributed by atoms with E-state index in [0.717, 1.165) is 40.9 Å². The fourth-order valence-corrected chi connectivity index (χ4v) is 4.77. The molecule has 1 atom stereocenters. The van der Waals surface area contributed by atoms with Crippen molar-refractivity contribution in [1.29, 1.82) is 0 Å². The molecule has 0 bridgehead atoms. The lowest BCUT2D eigenvalue weighted by Crippen LogP contribution is -2.00. The van der Waals surface area contributed by atoms with Crippen LogP contribution in [0.4, 0.5) is 0 Å². The van der Waals surface area contributed by atoms with Gasteiger partial charge in [-0.1, -0.05) is 15.9 Å². The highest BCUT2D eigenvalue weighted by Crippen LogP contribution is 2.42. The van der Waals surface area contributed by atoms with Gasteiger partial charge < -0.3 is 9.84 Å². The molecule has 0 aliphatic carbocycles. The van der Waals surface area contributed by atoms with Crippen LogP contribution in [0.3, 0.4) is 0 Å². The van der Waals surface area contributed by atoms with Gasteiger partial charge in [0, 0.05) is 25.8 Å². The van der Waals surface area contributed by atoms with Gasteiger partial charge in [-0.2, -0.15) is 0 Å². The van der Waals surface area contributed by atoms with Crippen LogP contribution in [-0.2, 0) is 6.42 Å². The van der Waals surface area contributed by atoms with E-state index < -0.39 is 6.10 Å². The molecule has 1 N–H and O–H groups in total. The van der Waals surface area contributed by atoms with Crippen molar-refractivity contribution < 1.29 is 9.84 Å². The summed E-state index contributed by atoms with van der Waals surface area (Å²) in [6.07, 6.45) is 0.226. The van der Waals surface area contributed by atoms with Crippen molar-refractivity contribution in [3.05, 3.63) is 46.9 Å². The molecule has 100 valence electrons. The Kier molecular flexibility index (Phi) is 4.06. The molecule has 2 heterocycles. The normalized spacial score (nSPS) is 15.2. The zero-order valence-corrected chi connectivity index (χ0v) is 15.2. The Labute approximate surface area is 140 Å². The van der Waals surface area contributed by atoms with Crippen molar-refractivity contribution in [2.24, 2.45) is 0 Å². The molecule has 0 saturated carbocycles. The first-order valence-corrected chi connectivity index (χ1v) is 8.83. The molecule has 2 aromatic rings. The summed E-state index contributed by atoms with van der Waals surface area (Å²) in [7, 11) is 0. The van der Waals surface area contributed by atoms with Crippen LogP contribution in [0.1, 0.15) is 22.1 Å². The van der Waals surface area contributed by atoms with Crippen LogP contribution in [0.5, 0.6) is 5.75 Å². The topological polar surface area (TPSA) is 29.5 Å². The van der Waals surface area contributed by atoms with Gasteiger partial charge in [0.25, 0.3) is 0 Å². The highest BCUT2D eigenvalue weighted by molar-refractivity contribution is 9.13. The van der Waals surface area contributed by atoms with Gasteiger partial charge in [0.1, 0.15) is 11.9 Å². The Morgan fingerprint density at radius 1 is 1.21 bits per heavy atom. The van der Waals surface area contributed by atoms with Crippen molar-refractivity contribution >= 4 is 59.1 Å². The largest absolute Gasteiger partial charge is 0.493 e. The third-order valence-corrected chi connectivity index (χ3v) is 6.77. The zero-order chi connectivity index (χ0) is 13.6. The minimum absolute atomic E-state index is 0.669. The van der Waals surface area contributed by atoms with Gasteiger partial charge in [-0.25, -0.2) is 0 Å². The first-order chi connectivity index (χ1) is 9.06. The monoisotopic (exact) mass is 466 g/mol. The molecule has 0 saturated heterocycles.